The van der Waals surface area contributed by atoms with Crippen LogP contribution in [0.15, 0.2) is 23.1 Å². The number of hydrogen-bond acceptors (Lipinski definition) is 4. The van der Waals surface area contributed by atoms with Crippen molar-refractivity contribution in [3.8, 4) is 5.88 Å². The molecule has 0 aliphatic heterocycles. The molecule has 0 aliphatic rings. The molecule has 2 rings (SSSR count). The number of aryl methyl sites for hydroxylation is 1. The van der Waals surface area contributed by atoms with E-state index in [-0.39, 0.29) is 5.75 Å². The van der Waals surface area contributed by atoms with Crippen LogP contribution in [-0.2, 0) is 11.8 Å². The number of carboxylic acid groups (broad SMARTS) is 1. The highest BCUT2D eigenvalue weighted by atomic mass is 32.2. The summed E-state index contributed by atoms with van der Waals surface area (Å²) in [4.78, 5) is 11.5. The molecule has 0 atom stereocenters. The van der Waals surface area contributed by atoms with Crippen molar-refractivity contribution in [1.82, 2.24) is 9.78 Å². The zero-order valence-electron chi connectivity index (χ0n) is 11.8. The molecule has 0 saturated heterocycles. The van der Waals surface area contributed by atoms with E-state index in [2.05, 4.69) is 18.9 Å². The molecule has 0 amide bonds. The number of aliphatic carboxylic acids is 1. The third-order valence-electron chi connectivity index (χ3n) is 2.70. The molecule has 0 radical (unpaired) electrons. The van der Waals surface area contributed by atoms with E-state index >= 15 is 0 Å². The van der Waals surface area contributed by atoms with Gasteiger partial charge >= 0.3 is 5.97 Å². The monoisotopic (exact) mass is 294 g/mol. The van der Waals surface area contributed by atoms with Gasteiger partial charge in [-0.1, -0.05) is 13.8 Å². The van der Waals surface area contributed by atoms with E-state index in [0.29, 0.717) is 18.4 Å². The predicted octanol–water partition coefficient (Wildman–Crippen LogP) is 2.78. The number of fused-ring (bicyclic) bond motifs is 1. The normalized spacial score (nSPS) is 11.2. The van der Waals surface area contributed by atoms with Crippen LogP contribution in [0.3, 0.4) is 0 Å². The average molecular weight is 294 g/mol. The molecule has 108 valence electrons. The van der Waals surface area contributed by atoms with Crippen molar-refractivity contribution < 1.29 is 14.6 Å². The highest BCUT2D eigenvalue weighted by Crippen LogP contribution is 2.29. The standard InChI is InChI=1S/C14H18N2O3S/c1-9(2)7-19-14-11-6-10(20-8-13(17)18)4-5-12(11)16(3)15-14/h4-6,9H,7-8H2,1-3H3,(H,17,18). The first-order valence-electron chi connectivity index (χ1n) is 6.41. The molecular formula is C14H18N2O3S. The summed E-state index contributed by atoms with van der Waals surface area (Å²) in [6.45, 7) is 4.77. The SMILES string of the molecule is CC(C)COc1nn(C)c2ccc(SCC(=O)O)cc12. The van der Waals surface area contributed by atoms with Crippen LogP contribution in [-0.4, -0.2) is 33.2 Å². The molecule has 20 heavy (non-hydrogen) atoms. The number of ether oxygens (including phenoxy) is 1. The van der Waals surface area contributed by atoms with Crippen LogP contribution >= 0.6 is 11.8 Å². The Hall–Kier alpha value is -1.69. The molecule has 1 N–H and O–H groups in total. The number of hydrogen-bond donors (Lipinski definition) is 1. The first-order valence-corrected chi connectivity index (χ1v) is 7.40. The van der Waals surface area contributed by atoms with Gasteiger partial charge in [-0.3, -0.25) is 9.48 Å². The summed E-state index contributed by atoms with van der Waals surface area (Å²) in [5.74, 6) is 0.261. The van der Waals surface area contributed by atoms with E-state index < -0.39 is 5.97 Å². The quantitative estimate of drug-likeness (QED) is 0.830. The molecular weight excluding hydrogens is 276 g/mol. The second-order valence-corrected chi connectivity index (χ2v) is 6.04. The Morgan fingerprint density at radius 3 is 2.90 bits per heavy atom. The van der Waals surface area contributed by atoms with E-state index in [4.69, 9.17) is 9.84 Å². The molecule has 0 aliphatic carbocycles. The maximum atomic E-state index is 10.6. The van der Waals surface area contributed by atoms with Crippen LogP contribution in [0.4, 0.5) is 0 Å². The van der Waals surface area contributed by atoms with Crippen molar-refractivity contribution in [2.75, 3.05) is 12.4 Å². The zero-order valence-corrected chi connectivity index (χ0v) is 12.6. The molecule has 0 unspecified atom stereocenters. The number of rotatable bonds is 6. The van der Waals surface area contributed by atoms with Crippen LogP contribution in [0.1, 0.15) is 13.8 Å². The summed E-state index contributed by atoms with van der Waals surface area (Å²) in [5.41, 5.74) is 0.975. The fourth-order valence-electron chi connectivity index (χ4n) is 1.80. The van der Waals surface area contributed by atoms with Gasteiger partial charge in [-0.25, -0.2) is 0 Å². The third kappa shape index (κ3) is 3.45. The van der Waals surface area contributed by atoms with Crippen LogP contribution in [0.2, 0.25) is 0 Å². The number of carbonyl (C=O) groups is 1. The molecule has 0 bridgehead atoms. The fraction of sp³-hybridized carbons (Fsp3) is 0.429. The summed E-state index contributed by atoms with van der Waals surface area (Å²) in [5, 5.41) is 14.0. The minimum Gasteiger partial charge on any atom is -0.481 e. The molecule has 1 aromatic carbocycles. The van der Waals surface area contributed by atoms with Gasteiger partial charge in [0, 0.05) is 11.9 Å². The van der Waals surface area contributed by atoms with Gasteiger partial charge in [0.15, 0.2) is 0 Å². The number of carboxylic acids is 1. The Morgan fingerprint density at radius 2 is 2.25 bits per heavy atom. The number of nitrogens with zero attached hydrogens (tertiary/aromatic N) is 2. The first-order chi connectivity index (χ1) is 9.47. The van der Waals surface area contributed by atoms with Crippen LogP contribution < -0.4 is 4.74 Å². The van der Waals surface area contributed by atoms with Gasteiger partial charge in [0.05, 0.1) is 23.3 Å². The fourth-order valence-corrected chi connectivity index (χ4v) is 2.46. The van der Waals surface area contributed by atoms with Gasteiger partial charge in [-0.15, -0.1) is 16.9 Å². The molecule has 6 heteroatoms. The molecule has 0 fully saturated rings. The molecule has 1 heterocycles. The summed E-state index contributed by atoms with van der Waals surface area (Å²) in [7, 11) is 1.87. The van der Waals surface area contributed by atoms with Gasteiger partial charge in [-0.05, 0) is 24.1 Å². The van der Waals surface area contributed by atoms with Crippen molar-refractivity contribution >= 4 is 28.6 Å². The molecule has 0 spiro atoms. The summed E-state index contributed by atoms with van der Waals surface area (Å²) in [6, 6.07) is 5.78. The zero-order chi connectivity index (χ0) is 14.7. The second-order valence-electron chi connectivity index (χ2n) is 4.99. The summed E-state index contributed by atoms with van der Waals surface area (Å²) >= 11 is 1.29. The smallest absolute Gasteiger partial charge is 0.313 e. The molecule has 5 nitrogen and oxygen atoms in total. The number of aromatic nitrogens is 2. The number of thioether (sulfide) groups is 1. The van der Waals surface area contributed by atoms with Gasteiger partial charge in [0.1, 0.15) is 0 Å². The second kappa shape index (κ2) is 6.17. The Balaban J connectivity index is 2.28. The van der Waals surface area contributed by atoms with E-state index in [9.17, 15) is 4.79 Å². The predicted molar refractivity (Wildman–Crippen MR) is 79.4 cm³/mol. The third-order valence-corrected chi connectivity index (χ3v) is 3.68. The number of benzene rings is 1. The van der Waals surface area contributed by atoms with Gasteiger partial charge in [0.2, 0.25) is 5.88 Å². The minimum absolute atomic E-state index is 0.0496. The van der Waals surface area contributed by atoms with Gasteiger partial charge in [0.25, 0.3) is 0 Å². The lowest BCUT2D eigenvalue weighted by Gasteiger charge is -2.06. The Labute approximate surface area is 121 Å². The van der Waals surface area contributed by atoms with E-state index in [1.807, 2.05) is 25.2 Å². The lowest BCUT2D eigenvalue weighted by Crippen LogP contribution is -2.05. The largest absolute Gasteiger partial charge is 0.481 e. The first kappa shape index (κ1) is 14.7. The van der Waals surface area contributed by atoms with E-state index in [1.54, 1.807) is 4.68 Å². The van der Waals surface area contributed by atoms with Crippen molar-refractivity contribution in [2.24, 2.45) is 13.0 Å². The van der Waals surface area contributed by atoms with Gasteiger partial charge in [-0.2, -0.15) is 0 Å². The van der Waals surface area contributed by atoms with Crippen molar-refractivity contribution in [2.45, 2.75) is 18.7 Å². The maximum Gasteiger partial charge on any atom is 0.313 e. The summed E-state index contributed by atoms with van der Waals surface area (Å²) in [6.07, 6.45) is 0. The molecule has 2 aromatic rings. The van der Waals surface area contributed by atoms with Crippen molar-refractivity contribution in [3.05, 3.63) is 18.2 Å². The van der Waals surface area contributed by atoms with Crippen LogP contribution in [0.25, 0.3) is 10.9 Å². The highest BCUT2D eigenvalue weighted by Gasteiger charge is 2.12. The van der Waals surface area contributed by atoms with E-state index in [0.717, 1.165) is 15.8 Å². The van der Waals surface area contributed by atoms with Crippen molar-refractivity contribution in [3.63, 3.8) is 0 Å². The van der Waals surface area contributed by atoms with E-state index in [1.165, 1.54) is 11.8 Å². The highest BCUT2D eigenvalue weighted by molar-refractivity contribution is 8.00. The average Bonchev–Trinajstić information content (AvgIpc) is 2.70. The van der Waals surface area contributed by atoms with Crippen molar-refractivity contribution in [1.29, 1.82) is 0 Å². The lowest BCUT2D eigenvalue weighted by atomic mass is 10.2. The molecule has 0 saturated carbocycles. The maximum absolute atomic E-state index is 10.6. The van der Waals surface area contributed by atoms with Gasteiger partial charge < -0.3 is 9.84 Å². The minimum atomic E-state index is -0.822. The van der Waals surface area contributed by atoms with Crippen LogP contribution in [0, 0.1) is 5.92 Å². The Bertz CT molecular complexity index is 622. The Kier molecular flexibility index (Phi) is 4.54. The topological polar surface area (TPSA) is 64.4 Å². The summed E-state index contributed by atoms with van der Waals surface area (Å²) < 4.78 is 7.50. The lowest BCUT2D eigenvalue weighted by molar-refractivity contribution is -0.133. The Morgan fingerprint density at radius 1 is 1.50 bits per heavy atom. The molecule has 1 aromatic heterocycles. The van der Waals surface area contributed by atoms with Crippen LogP contribution in [0.5, 0.6) is 5.88 Å².